The topological polar surface area (TPSA) is 213 Å². The second-order valence-electron chi connectivity index (χ2n) is 10.7. The number of halogens is 6. The van der Waals surface area contributed by atoms with Gasteiger partial charge in [-0.1, -0.05) is 40.9 Å². The van der Waals surface area contributed by atoms with Crippen LogP contribution in [0.15, 0.2) is 59.8 Å². The highest BCUT2D eigenvalue weighted by Gasteiger charge is 2.31. The molecule has 2 aromatic heterocycles. The van der Waals surface area contributed by atoms with Gasteiger partial charge in [-0.05, 0) is 49.7 Å². The van der Waals surface area contributed by atoms with E-state index < -0.39 is 61.6 Å². The lowest BCUT2D eigenvalue weighted by Gasteiger charge is -2.12. The minimum atomic E-state index is -4.61. The number of hydrogen-bond donors (Lipinski definition) is 1. The maximum atomic E-state index is 12.7. The van der Waals surface area contributed by atoms with Gasteiger partial charge in [0, 0.05) is 12.1 Å². The van der Waals surface area contributed by atoms with Gasteiger partial charge in [0.2, 0.25) is 11.8 Å². The zero-order valence-corrected chi connectivity index (χ0v) is 32.1. The highest BCUT2D eigenvalue weighted by atomic mass is 35.5. The summed E-state index contributed by atoms with van der Waals surface area (Å²) in [7, 11) is -1.37. The zero-order valence-electron chi connectivity index (χ0n) is 29.0. The Kier molecular flexibility index (Phi) is 13.8. The molecular formula is C32H26Cl3F3N6O11S. The minimum Gasteiger partial charge on any atom is -0.481 e. The van der Waals surface area contributed by atoms with Crippen LogP contribution in [0.4, 0.5) is 24.5 Å². The van der Waals surface area contributed by atoms with E-state index in [-0.39, 0.29) is 56.4 Å². The fraction of sp³-hybridized carbons (Fsp3) is 0.219. The SMILES string of the molecule is CCOC(=O)COC(=O)c1cc(Oc2ccc(C(F)(F)F)cc2Cl)ccc1[N+](=O)[O-].COc1cc(OC)n2nc(S(=O)(=O)Nc3c(Cl)ccc(C)c3Cl)nc2n1. The van der Waals surface area contributed by atoms with Gasteiger partial charge in [0.1, 0.15) is 17.1 Å². The lowest BCUT2D eigenvalue weighted by molar-refractivity contribution is -0.385. The summed E-state index contributed by atoms with van der Waals surface area (Å²) in [5.41, 5.74) is -1.46. The number of benzene rings is 3. The molecule has 1 N–H and O–H groups in total. The number of nitrogens with one attached hydrogen (secondary N) is 1. The Morgan fingerprint density at radius 1 is 0.964 bits per heavy atom. The van der Waals surface area contributed by atoms with Crippen molar-refractivity contribution in [3.05, 3.63) is 96.5 Å². The van der Waals surface area contributed by atoms with Gasteiger partial charge in [0.15, 0.2) is 6.61 Å². The van der Waals surface area contributed by atoms with Crippen LogP contribution in [0.1, 0.15) is 28.4 Å². The smallest absolute Gasteiger partial charge is 0.416 e. The van der Waals surface area contributed by atoms with Crippen molar-refractivity contribution in [1.29, 1.82) is 0 Å². The molecule has 298 valence electrons. The quantitative estimate of drug-likeness (QED) is 0.0739. The standard InChI is InChI=1S/C18H13ClF3NO7.C14H13Cl2N5O4S/c1-2-28-16(24)9-29-17(25)12-8-11(4-5-14(12)23(26)27)30-15-6-3-10(7-13(15)19)18(20,21)22;1-7-4-5-8(15)12(11(7)16)20-26(22,23)14-18-13-17-9(24-2)6-10(25-3)21(13)19-14/h3-8H,2,9H2,1H3;4-6,20H,1-3H3. The van der Waals surface area contributed by atoms with E-state index >= 15 is 0 Å². The summed E-state index contributed by atoms with van der Waals surface area (Å²) in [6.45, 7) is 2.55. The number of aromatic nitrogens is 4. The number of rotatable bonds is 12. The van der Waals surface area contributed by atoms with Gasteiger partial charge in [-0.15, -0.1) is 5.10 Å². The van der Waals surface area contributed by atoms with Crippen molar-refractivity contribution in [2.24, 2.45) is 0 Å². The molecule has 24 heteroatoms. The number of methoxy groups -OCH3 is 2. The van der Waals surface area contributed by atoms with Crippen molar-refractivity contribution in [2.75, 3.05) is 32.2 Å². The van der Waals surface area contributed by atoms with Crippen molar-refractivity contribution < 1.29 is 59.8 Å². The molecule has 0 unspecified atom stereocenters. The second-order valence-corrected chi connectivity index (χ2v) is 13.4. The van der Waals surface area contributed by atoms with Gasteiger partial charge in [0.25, 0.3) is 26.6 Å². The zero-order chi connectivity index (χ0) is 41.5. The maximum Gasteiger partial charge on any atom is 0.416 e. The number of sulfonamides is 1. The largest absolute Gasteiger partial charge is 0.481 e. The van der Waals surface area contributed by atoms with E-state index in [1.165, 1.54) is 33.3 Å². The van der Waals surface area contributed by atoms with E-state index in [0.717, 1.165) is 34.8 Å². The number of hydrogen-bond acceptors (Lipinski definition) is 14. The number of carbonyl (C=O) groups is 2. The molecular weight excluding hydrogens is 840 g/mol. The van der Waals surface area contributed by atoms with Crippen LogP contribution in [-0.2, 0) is 30.5 Å². The normalized spacial score (nSPS) is 11.2. The molecule has 0 spiro atoms. The van der Waals surface area contributed by atoms with Gasteiger partial charge in [0.05, 0.1) is 58.1 Å². The molecule has 2 heterocycles. The number of nitro benzene ring substituents is 1. The van der Waals surface area contributed by atoms with Crippen LogP contribution in [0.2, 0.25) is 15.1 Å². The van der Waals surface area contributed by atoms with Crippen molar-refractivity contribution in [1.82, 2.24) is 19.6 Å². The van der Waals surface area contributed by atoms with Crippen LogP contribution in [0.25, 0.3) is 5.78 Å². The first kappa shape index (κ1) is 43.1. The number of aryl methyl sites for hydroxylation is 1. The average molecular weight is 866 g/mol. The number of carbonyl (C=O) groups excluding carboxylic acids is 2. The highest BCUT2D eigenvalue weighted by Crippen LogP contribution is 2.38. The maximum absolute atomic E-state index is 12.7. The van der Waals surface area contributed by atoms with E-state index in [1.54, 1.807) is 13.0 Å². The molecule has 0 aliphatic carbocycles. The second kappa shape index (κ2) is 17.9. The predicted octanol–water partition coefficient (Wildman–Crippen LogP) is 7.34. The fourth-order valence-corrected chi connectivity index (χ4v) is 6.05. The van der Waals surface area contributed by atoms with Crippen LogP contribution in [-0.4, -0.2) is 72.3 Å². The van der Waals surface area contributed by atoms with Crippen molar-refractivity contribution in [2.45, 2.75) is 25.2 Å². The van der Waals surface area contributed by atoms with Crippen molar-refractivity contribution in [3.63, 3.8) is 0 Å². The summed E-state index contributed by atoms with van der Waals surface area (Å²) in [5.74, 6) is -1.97. The molecule has 0 radical (unpaired) electrons. The number of esters is 2. The van der Waals surface area contributed by atoms with Gasteiger partial charge >= 0.3 is 18.1 Å². The molecule has 0 fully saturated rings. The molecule has 0 bridgehead atoms. The molecule has 3 aromatic carbocycles. The third-order valence-electron chi connectivity index (χ3n) is 6.91. The van der Waals surface area contributed by atoms with Crippen molar-refractivity contribution >= 4 is 73.9 Å². The first-order valence-electron chi connectivity index (χ1n) is 15.3. The lowest BCUT2D eigenvalue weighted by Crippen LogP contribution is -2.17. The number of alkyl halides is 3. The lowest BCUT2D eigenvalue weighted by atomic mass is 10.1. The third kappa shape index (κ3) is 10.4. The first-order chi connectivity index (χ1) is 26.3. The van der Waals surface area contributed by atoms with Crippen LogP contribution in [0.5, 0.6) is 23.3 Å². The van der Waals surface area contributed by atoms with Gasteiger partial charge < -0.3 is 23.7 Å². The summed E-state index contributed by atoms with van der Waals surface area (Å²) in [5, 5.41) is 14.5. The average Bonchev–Trinajstić information content (AvgIpc) is 3.60. The van der Waals surface area contributed by atoms with Crippen LogP contribution in [0.3, 0.4) is 0 Å². The molecule has 5 aromatic rings. The molecule has 0 saturated carbocycles. The summed E-state index contributed by atoms with van der Waals surface area (Å²) >= 11 is 18.0. The van der Waals surface area contributed by atoms with Crippen molar-refractivity contribution in [3.8, 4) is 23.3 Å². The van der Waals surface area contributed by atoms with Gasteiger partial charge in [-0.25, -0.2) is 9.59 Å². The van der Waals surface area contributed by atoms with Crippen LogP contribution < -0.4 is 18.9 Å². The molecule has 17 nitrogen and oxygen atoms in total. The number of ether oxygens (including phenoxy) is 5. The Balaban J connectivity index is 0.000000251. The molecule has 0 aliphatic heterocycles. The third-order valence-corrected chi connectivity index (χ3v) is 9.14. The van der Waals surface area contributed by atoms with Gasteiger partial charge in [-0.2, -0.15) is 36.1 Å². The molecule has 0 aliphatic rings. The Bertz CT molecular complexity index is 2420. The minimum absolute atomic E-state index is 0.0111. The predicted molar refractivity (Wildman–Crippen MR) is 192 cm³/mol. The van der Waals surface area contributed by atoms with E-state index in [1.807, 2.05) is 0 Å². The van der Waals surface area contributed by atoms with Crippen LogP contribution in [0, 0.1) is 17.0 Å². The Hall–Kier alpha value is -5.64. The van der Waals surface area contributed by atoms with E-state index in [0.29, 0.717) is 11.6 Å². The monoisotopic (exact) mass is 864 g/mol. The number of nitrogens with zero attached hydrogens (tertiary/aromatic N) is 5. The highest BCUT2D eigenvalue weighted by molar-refractivity contribution is 7.92. The summed E-state index contributed by atoms with van der Waals surface area (Å²) in [6.07, 6.45) is -4.61. The van der Waals surface area contributed by atoms with Gasteiger partial charge in [-0.3, -0.25) is 14.8 Å². The van der Waals surface area contributed by atoms with E-state index in [2.05, 4.69) is 24.5 Å². The van der Waals surface area contributed by atoms with Crippen LogP contribution >= 0.6 is 34.8 Å². The molecule has 0 saturated heterocycles. The summed E-state index contributed by atoms with van der Waals surface area (Å²) in [4.78, 5) is 41.7. The molecule has 0 amide bonds. The number of fused-ring (bicyclic) bond motifs is 1. The van der Waals surface area contributed by atoms with E-state index in [9.17, 15) is 41.3 Å². The molecule has 56 heavy (non-hydrogen) atoms. The Labute approximate surface area is 329 Å². The number of anilines is 1. The number of nitro groups is 1. The fourth-order valence-electron chi connectivity index (χ4n) is 4.29. The summed E-state index contributed by atoms with van der Waals surface area (Å²) < 4.78 is 91.7. The molecule has 0 atom stereocenters. The Morgan fingerprint density at radius 3 is 2.29 bits per heavy atom. The Morgan fingerprint density at radius 2 is 1.68 bits per heavy atom. The summed E-state index contributed by atoms with van der Waals surface area (Å²) in [6, 6.07) is 10.0. The first-order valence-corrected chi connectivity index (χ1v) is 17.9. The van der Waals surface area contributed by atoms with E-state index in [4.69, 9.17) is 53.8 Å². The molecule has 5 rings (SSSR count).